The van der Waals surface area contributed by atoms with Gasteiger partial charge in [-0.3, -0.25) is 0 Å². The van der Waals surface area contributed by atoms with E-state index in [2.05, 4.69) is 10.2 Å². The van der Waals surface area contributed by atoms with Gasteiger partial charge in [-0.1, -0.05) is 36.4 Å². The number of ether oxygens (including phenoxy) is 1. The lowest BCUT2D eigenvalue weighted by Gasteiger charge is -2.09. The van der Waals surface area contributed by atoms with E-state index in [1.807, 2.05) is 61.5 Å². The number of fused-ring (bicyclic) bond motifs is 2. The molecule has 2 aromatic carbocycles. The van der Waals surface area contributed by atoms with Crippen LogP contribution in [0.2, 0.25) is 0 Å². The van der Waals surface area contributed by atoms with Crippen molar-refractivity contribution in [2.45, 2.75) is 13.0 Å². The Labute approximate surface area is 133 Å². The number of nitrogens with two attached hydrogens (primary N) is 1. The Balaban J connectivity index is 1.93. The molecule has 0 saturated carbocycles. The van der Waals surface area contributed by atoms with E-state index in [9.17, 15) is 0 Å². The number of nitrogens with zero attached hydrogens (tertiary/aromatic N) is 2. The van der Waals surface area contributed by atoms with E-state index in [4.69, 9.17) is 14.9 Å². The summed E-state index contributed by atoms with van der Waals surface area (Å²) in [6.07, 6.45) is 2.00. The summed E-state index contributed by atoms with van der Waals surface area (Å²) in [7, 11) is 0. The van der Waals surface area contributed by atoms with E-state index in [1.54, 1.807) is 0 Å². The highest BCUT2D eigenvalue weighted by molar-refractivity contribution is 5.92. The second-order valence-electron chi connectivity index (χ2n) is 5.43. The minimum Gasteiger partial charge on any atom is -0.456 e. The fourth-order valence-corrected chi connectivity index (χ4v) is 2.53. The van der Waals surface area contributed by atoms with Crippen molar-refractivity contribution < 1.29 is 9.15 Å². The van der Waals surface area contributed by atoms with Crippen molar-refractivity contribution in [2.75, 3.05) is 0 Å². The minimum absolute atomic E-state index is 0.304. The highest BCUT2D eigenvalue weighted by Crippen LogP contribution is 2.40. The van der Waals surface area contributed by atoms with Gasteiger partial charge in [0.2, 0.25) is 11.8 Å². The molecule has 1 aliphatic rings. The highest BCUT2D eigenvalue weighted by Gasteiger charge is 2.22. The van der Waals surface area contributed by atoms with Gasteiger partial charge in [0.1, 0.15) is 11.5 Å². The van der Waals surface area contributed by atoms with E-state index < -0.39 is 0 Å². The maximum absolute atomic E-state index is 6.04. The predicted octanol–water partition coefficient (Wildman–Crippen LogP) is 3.78. The molecule has 114 valence electrons. The van der Waals surface area contributed by atoms with Gasteiger partial charge in [0.25, 0.3) is 0 Å². The summed E-state index contributed by atoms with van der Waals surface area (Å²) in [5, 5.41) is 8.18. The minimum atomic E-state index is -0.304. The lowest BCUT2D eigenvalue weighted by atomic mass is 10.0. The topological polar surface area (TPSA) is 74.2 Å². The van der Waals surface area contributed by atoms with E-state index in [1.165, 1.54) is 0 Å². The van der Waals surface area contributed by atoms with Crippen LogP contribution in [-0.2, 0) is 0 Å². The molecule has 4 rings (SSSR count). The molecule has 1 atom stereocenters. The number of hydrogen-bond donors (Lipinski definition) is 1. The van der Waals surface area contributed by atoms with Crippen LogP contribution < -0.4 is 10.5 Å². The second kappa shape index (κ2) is 5.37. The van der Waals surface area contributed by atoms with Crippen molar-refractivity contribution in [2.24, 2.45) is 5.73 Å². The van der Waals surface area contributed by atoms with Crippen LogP contribution in [0.3, 0.4) is 0 Å². The van der Waals surface area contributed by atoms with Crippen LogP contribution >= 0.6 is 0 Å². The van der Waals surface area contributed by atoms with Gasteiger partial charge in [0.15, 0.2) is 0 Å². The smallest absolute Gasteiger partial charge is 0.248 e. The van der Waals surface area contributed by atoms with Crippen LogP contribution in [0.4, 0.5) is 0 Å². The zero-order valence-electron chi connectivity index (χ0n) is 12.6. The second-order valence-corrected chi connectivity index (χ2v) is 5.43. The van der Waals surface area contributed by atoms with E-state index >= 15 is 0 Å². The quantitative estimate of drug-likeness (QED) is 0.610. The van der Waals surface area contributed by atoms with Crippen molar-refractivity contribution in [3.8, 4) is 11.5 Å². The molecule has 2 N–H and O–H groups in total. The third-order valence-electron chi connectivity index (χ3n) is 3.68. The molecule has 0 fully saturated rings. The van der Waals surface area contributed by atoms with Gasteiger partial charge < -0.3 is 14.9 Å². The van der Waals surface area contributed by atoms with Crippen LogP contribution in [0.25, 0.3) is 11.6 Å². The molecule has 1 unspecified atom stereocenters. The maximum atomic E-state index is 6.04. The number of benzene rings is 2. The van der Waals surface area contributed by atoms with Crippen molar-refractivity contribution in [3.63, 3.8) is 0 Å². The van der Waals surface area contributed by atoms with Gasteiger partial charge in [0, 0.05) is 11.1 Å². The molecule has 2 heterocycles. The first kappa shape index (κ1) is 13.7. The van der Waals surface area contributed by atoms with Crippen molar-refractivity contribution in [3.05, 3.63) is 71.4 Å². The Morgan fingerprint density at radius 3 is 2.48 bits per heavy atom. The number of aromatic nitrogens is 2. The van der Waals surface area contributed by atoms with Crippen LogP contribution in [0.15, 0.2) is 52.9 Å². The lowest BCUT2D eigenvalue weighted by Crippen LogP contribution is -2.04. The molecule has 1 aromatic heterocycles. The van der Waals surface area contributed by atoms with E-state index in [0.29, 0.717) is 11.8 Å². The first-order chi connectivity index (χ1) is 11.2. The summed E-state index contributed by atoms with van der Waals surface area (Å²) in [6.45, 7) is 1.81. The molecule has 5 heteroatoms. The Bertz CT molecular complexity index is 897. The van der Waals surface area contributed by atoms with Crippen LogP contribution in [0, 0.1) is 0 Å². The van der Waals surface area contributed by atoms with Crippen molar-refractivity contribution >= 4 is 11.6 Å². The molecule has 0 spiro atoms. The predicted molar refractivity (Wildman–Crippen MR) is 86.8 cm³/mol. The van der Waals surface area contributed by atoms with Gasteiger partial charge >= 0.3 is 0 Å². The molecular weight excluding hydrogens is 290 g/mol. The molecule has 0 saturated heterocycles. The van der Waals surface area contributed by atoms with E-state index in [0.717, 1.165) is 28.2 Å². The number of para-hydroxylation sites is 2. The molecular formula is C18H15N3O2. The Kier molecular flexibility index (Phi) is 3.20. The summed E-state index contributed by atoms with van der Waals surface area (Å²) in [5.74, 6) is 2.40. The average molecular weight is 305 g/mol. The Hall–Kier alpha value is -2.92. The average Bonchev–Trinajstić information content (AvgIpc) is 2.98. The van der Waals surface area contributed by atoms with Crippen molar-refractivity contribution in [1.29, 1.82) is 0 Å². The molecule has 0 bridgehead atoms. The van der Waals surface area contributed by atoms with Crippen LogP contribution in [-0.4, -0.2) is 10.2 Å². The summed E-state index contributed by atoms with van der Waals surface area (Å²) in [5.41, 5.74) is 8.51. The first-order valence-electron chi connectivity index (χ1n) is 7.40. The Morgan fingerprint density at radius 2 is 1.70 bits per heavy atom. The lowest BCUT2D eigenvalue weighted by molar-refractivity contribution is 0.453. The number of rotatable bonds is 2. The van der Waals surface area contributed by atoms with Gasteiger partial charge in [0.05, 0.1) is 11.6 Å². The zero-order chi connectivity index (χ0) is 15.8. The summed E-state index contributed by atoms with van der Waals surface area (Å²) >= 11 is 0. The molecule has 23 heavy (non-hydrogen) atoms. The fourth-order valence-electron chi connectivity index (χ4n) is 2.53. The summed E-state index contributed by atoms with van der Waals surface area (Å²) in [6, 6.07) is 15.3. The third kappa shape index (κ3) is 2.41. The van der Waals surface area contributed by atoms with Crippen molar-refractivity contribution in [1.82, 2.24) is 10.2 Å². The molecule has 0 aliphatic carbocycles. The maximum Gasteiger partial charge on any atom is 0.248 e. The molecule has 0 radical (unpaired) electrons. The normalized spacial score (nSPS) is 14.1. The molecule has 5 nitrogen and oxygen atoms in total. The first-order valence-corrected chi connectivity index (χ1v) is 7.40. The Morgan fingerprint density at radius 1 is 0.957 bits per heavy atom. The highest BCUT2D eigenvalue weighted by atomic mass is 16.5. The summed E-state index contributed by atoms with van der Waals surface area (Å²) in [4.78, 5) is 0. The largest absolute Gasteiger partial charge is 0.456 e. The molecule has 3 aromatic rings. The SMILES string of the molecule is CC(N)c1nnc(C2=Cc3ccccc3Oc3ccccc32)o1. The van der Waals surface area contributed by atoms with Gasteiger partial charge in [-0.05, 0) is 25.1 Å². The third-order valence-corrected chi connectivity index (χ3v) is 3.68. The summed E-state index contributed by atoms with van der Waals surface area (Å²) < 4.78 is 11.8. The van der Waals surface area contributed by atoms with Gasteiger partial charge in [-0.15, -0.1) is 10.2 Å². The molecule has 1 aliphatic heterocycles. The monoisotopic (exact) mass is 305 g/mol. The van der Waals surface area contributed by atoms with Crippen LogP contribution in [0.5, 0.6) is 11.5 Å². The standard InChI is InChI=1S/C18H15N3O2/c1-11(19)17-20-21-18(23-17)14-10-12-6-2-4-8-15(12)22-16-9-5-3-7-13(14)16/h2-11H,19H2,1H3. The molecule has 0 amide bonds. The fraction of sp³-hybridized carbons (Fsp3) is 0.111. The van der Waals surface area contributed by atoms with Gasteiger partial charge in [-0.25, -0.2) is 0 Å². The van der Waals surface area contributed by atoms with Crippen LogP contribution in [0.1, 0.15) is 35.9 Å². The van der Waals surface area contributed by atoms with E-state index in [-0.39, 0.29) is 6.04 Å². The zero-order valence-corrected chi connectivity index (χ0v) is 12.6. The van der Waals surface area contributed by atoms with Gasteiger partial charge in [-0.2, -0.15) is 0 Å². The number of hydrogen-bond acceptors (Lipinski definition) is 5.